The molecule has 0 radical (unpaired) electrons. The van der Waals surface area contributed by atoms with E-state index in [0.717, 1.165) is 28.6 Å². The largest absolute Gasteiger partial charge is 0.374 e. The summed E-state index contributed by atoms with van der Waals surface area (Å²) in [6.45, 7) is 2.94. The Kier molecular flexibility index (Phi) is 3.48. The Morgan fingerprint density at radius 1 is 1.54 bits per heavy atom. The van der Waals surface area contributed by atoms with E-state index in [0.29, 0.717) is 0 Å². The molecule has 13 heavy (non-hydrogen) atoms. The highest BCUT2D eigenvalue weighted by molar-refractivity contribution is 9.10. The number of halogens is 1. The van der Waals surface area contributed by atoms with Crippen molar-refractivity contribution in [3.63, 3.8) is 0 Å². The summed E-state index contributed by atoms with van der Waals surface area (Å²) in [5.74, 6) is 0. The maximum absolute atomic E-state index is 10.7. The van der Waals surface area contributed by atoms with E-state index in [9.17, 15) is 4.79 Å². The summed E-state index contributed by atoms with van der Waals surface area (Å²) >= 11 is 3.38. The third-order valence-corrected chi connectivity index (χ3v) is 2.50. The van der Waals surface area contributed by atoms with E-state index >= 15 is 0 Å². The van der Waals surface area contributed by atoms with Crippen LogP contribution in [0, 0.1) is 0 Å². The summed E-state index contributed by atoms with van der Waals surface area (Å²) in [5, 5.41) is 0. The first kappa shape index (κ1) is 10.3. The normalized spacial score (nSPS) is 9.77. The molecule has 0 N–H and O–H groups in total. The van der Waals surface area contributed by atoms with Gasteiger partial charge in [-0.3, -0.25) is 4.79 Å². The number of hydrogen-bond acceptors (Lipinski definition) is 2. The van der Waals surface area contributed by atoms with Gasteiger partial charge in [-0.2, -0.15) is 0 Å². The van der Waals surface area contributed by atoms with Gasteiger partial charge in [0.15, 0.2) is 6.29 Å². The number of rotatable bonds is 3. The third kappa shape index (κ3) is 2.31. The van der Waals surface area contributed by atoms with Crippen LogP contribution in [0.4, 0.5) is 5.69 Å². The van der Waals surface area contributed by atoms with E-state index in [2.05, 4.69) is 22.9 Å². The predicted molar refractivity (Wildman–Crippen MR) is 58.5 cm³/mol. The molecule has 0 aromatic heterocycles. The van der Waals surface area contributed by atoms with Crippen molar-refractivity contribution >= 4 is 27.9 Å². The van der Waals surface area contributed by atoms with E-state index in [-0.39, 0.29) is 0 Å². The summed E-state index contributed by atoms with van der Waals surface area (Å²) in [6, 6.07) is 5.64. The van der Waals surface area contributed by atoms with Gasteiger partial charge in [-0.25, -0.2) is 0 Å². The number of carbonyl (C=O) groups excluding carboxylic acids is 1. The molecule has 0 unspecified atom stereocenters. The van der Waals surface area contributed by atoms with Crippen molar-refractivity contribution in [2.75, 3.05) is 18.5 Å². The molecule has 0 bridgehead atoms. The molecule has 0 aliphatic rings. The molecule has 0 heterocycles. The fourth-order valence-corrected chi connectivity index (χ4v) is 1.47. The summed E-state index contributed by atoms with van der Waals surface area (Å²) in [4.78, 5) is 12.8. The van der Waals surface area contributed by atoms with Crippen LogP contribution in [-0.2, 0) is 0 Å². The zero-order valence-corrected chi connectivity index (χ0v) is 9.34. The van der Waals surface area contributed by atoms with E-state index < -0.39 is 0 Å². The summed E-state index contributed by atoms with van der Waals surface area (Å²) in [7, 11) is 1.97. The van der Waals surface area contributed by atoms with Crippen LogP contribution in [0.1, 0.15) is 17.3 Å². The highest BCUT2D eigenvalue weighted by atomic mass is 79.9. The molecule has 70 valence electrons. The Bertz CT molecular complexity index is 312. The molecule has 0 amide bonds. The lowest BCUT2D eigenvalue weighted by Crippen LogP contribution is -2.17. The van der Waals surface area contributed by atoms with Crippen LogP contribution in [0.2, 0.25) is 0 Å². The monoisotopic (exact) mass is 241 g/mol. The van der Waals surface area contributed by atoms with Gasteiger partial charge in [0.1, 0.15) is 0 Å². The van der Waals surface area contributed by atoms with Gasteiger partial charge in [0.05, 0.1) is 0 Å². The Hall–Kier alpha value is -0.830. The SMILES string of the molecule is CCN(C)c1cc(Br)ccc1C=O. The highest BCUT2D eigenvalue weighted by Gasteiger charge is 2.05. The molecular weight excluding hydrogens is 230 g/mol. The summed E-state index contributed by atoms with van der Waals surface area (Å²) in [6.07, 6.45) is 0.883. The van der Waals surface area contributed by atoms with Crippen molar-refractivity contribution < 1.29 is 4.79 Å². The van der Waals surface area contributed by atoms with Gasteiger partial charge in [-0.15, -0.1) is 0 Å². The molecule has 0 saturated heterocycles. The maximum atomic E-state index is 10.7. The minimum atomic E-state index is 0.729. The topological polar surface area (TPSA) is 20.3 Å². The second kappa shape index (κ2) is 4.42. The third-order valence-electron chi connectivity index (χ3n) is 2.01. The molecule has 3 heteroatoms. The Morgan fingerprint density at radius 2 is 2.23 bits per heavy atom. The predicted octanol–water partition coefficient (Wildman–Crippen LogP) is 2.72. The quantitative estimate of drug-likeness (QED) is 0.759. The van der Waals surface area contributed by atoms with Crippen LogP contribution in [0.3, 0.4) is 0 Å². The molecule has 0 atom stereocenters. The molecule has 0 saturated carbocycles. The molecule has 0 fully saturated rings. The van der Waals surface area contributed by atoms with Crippen molar-refractivity contribution in [3.8, 4) is 0 Å². The first-order chi connectivity index (χ1) is 6.19. The molecule has 0 aliphatic carbocycles. The zero-order chi connectivity index (χ0) is 9.84. The van der Waals surface area contributed by atoms with E-state index in [1.807, 2.05) is 30.1 Å². The fraction of sp³-hybridized carbons (Fsp3) is 0.300. The first-order valence-corrected chi connectivity index (χ1v) is 4.94. The number of anilines is 1. The van der Waals surface area contributed by atoms with E-state index in [1.165, 1.54) is 0 Å². The molecule has 2 nitrogen and oxygen atoms in total. The summed E-state index contributed by atoms with van der Waals surface area (Å²) in [5.41, 5.74) is 1.69. The number of carbonyl (C=O) groups is 1. The molecular formula is C10H12BrNO. The van der Waals surface area contributed by atoms with Crippen LogP contribution in [0.15, 0.2) is 22.7 Å². The van der Waals surface area contributed by atoms with Gasteiger partial charge < -0.3 is 4.90 Å². The smallest absolute Gasteiger partial charge is 0.152 e. The lowest BCUT2D eigenvalue weighted by atomic mass is 10.2. The average molecular weight is 242 g/mol. The van der Waals surface area contributed by atoms with Gasteiger partial charge in [0.2, 0.25) is 0 Å². The molecule has 1 aromatic carbocycles. The van der Waals surface area contributed by atoms with Crippen molar-refractivity contribution in [1.82, 2.24) is 0 Å². The van der Waals surface area contributed by atoms with Crippen LogP contribution in [0.25, 0.3) is 0 Å². The zero-order valence-electron chi connectivity index (χ0n) is 7.75. The number of benzene rings is 1. The highest BCUT2D eigenvalue weighted by Crippen LogP contribution is 2.22. The van der Waals surface area contributed by atoms with Crippen LogP contribution in [0.5, 0.6) is 0 Å². The fourth-order valence-electron chi connectivity index (χ4n) is 1.12. The number of nitrogens with zero attached hydrogens (tertiary/aromatic N) is 1. The molecule has 1 aromatic rings. The minimum absolute atomic E-state index is 0.729. The lowest BCUT2D eigenvalue weighted by molar-refractivity contribution is 0.112. The Morgan fingerprint density at radius 3 is 2.77 bits per heavy atom. The van der Waals surface area contributed by atoms with Crippen molar-refractivity contribution in [2.45, 2.75) is 6.92 Å². The van der Waals surface area contributed by atoms with Gasteiger partial charge in [-0.05, 0) is 25.1 Å². The van der Waals surface area contributed by atoms with Gasteiger partial charge >= 0.3 is 0 Å². The molecule has 0 aliphatic heterocycles. The van der Waals surface area contributed by atoms with Gasteiger partial charge in [-0.1, -0.05) is 15.9 Å². The van der Waals surface area contributed by atoms with Crippen LogP contribution in [-0.4, -0.2) is 19.9 Å². The second-order valence-corrected chi connectivity index (χ2v) is 3.75. The van der Waals surface area contributed by atoms with Crippen LogP contribution < -0.4 is 4.90 Å². The van der Waals surface area contributed by atoms with Crippen molar-refractivity contribution in [2.24, 2.45) is 0 Å². The van der Waals surface area contributed by atoms with E-state index in [1.54, 1.807) is 0 Å². The number of aldehydes is 1. The maximum Gasteiger partial charge on any atom is 0.152 e. The van der Waals surface area contributed by atoms with Gasteiger partial charge in [0, 0.05) is 29.3 Å². The Balaban J connectivity index is 3.15. The molecule has 1 rings (SSSR count). The number of hydrogen-bond donors (Lipinski definition) is 0. The van der Waals surface area contributed by atoms with E-state index in [4.69, 9.17) is 0 Å². The van der Waals surface area contributed by atoms with Crippen LogP contribution >= 0.6 is 15.9 Å². The minimum Gasteiger partial charge on any atom is -0.374 e. The second-order valence-electron chi connectivity index (χ2n) is 2.84. The standard InChI is InChI=1S/C10H12BrNO/c1-3-12(2)10-6-9(11)5-4-8(10)7-13/h4-7H,3H2,1-2H3. The average Bonchev–Trinajstić information content (AvgIpc) is 2.16. The first-order valence-electron chi connectivity index (χ1n) is 4.15. The van der Waals surface area contributed by atoms with Gasteiger partial charge in [0.25, 0.3) is 0 Å². The van der Waals surface area contributed by atoms with Crippen molar-refractivity contribution in [1.29, 1.82) is 0 Å². The lowest BCUT2D eigenvalue weighted by Gasteiger charge is -2.18. The molecule has 0 spiro atoms. The summed E-state index contributed by atoms with van der Waals surface area (Å²) < 4.78 is 0.994. The van der Waals surface area contributed by atoms with Crippen molar-refractivity contribution in [3.05, 3.63) is 28.2 Å². The Labute approximate surface area is 86.7 Å².